The Bertz CT molecular complexity index is 837. The van der Waals surface area contributed by atoms with Crippen molar-refractivity contribution in [2.75, 3.05) is 12.4 Å². The number of benzene rings is 2. The van der Waals surface area contributed by atoms with Crippen LogP contribution in [0.2, 0.25) is 5.02 Å². The first-order valence-electron chi connectivity index (χ1n) is 7.01. The zero-order valence-corrected chi connectivity index (χ0v) is 13.9. The number of aryl methyl sites for hydroxylation is 1. The fraction of sp³-hybridized carbons (Fsp3) is 0.111. The van der Waals surface area contributed by atoms with Crippen molar-refractivity contribution in [1.82, 2.24) is 0 Å². The number of phenolic OH excluding ortho intramolecular Hbond substituents is 1. The molecule has 2 N–H and O–H groups in total. The second kappa shape index (κ2) is 7.53. The Labute approximate surface area is 144 Å². The molecule has 0 aliphatic rings. The van der Waals surface area contributed by atoms with Crippen molar-refractivity contribution < 1.29 is 14.6 Å². The maximum atomic E-state index is 12.2. The Balaban J connectivity index is 2.32. The molecule has 0 aromatic heterocycles. The highest BCUT2D eigenvalue weighted by Crippen LogP contribution is 2.34. The van der Waals surface area contributed by atoms with Crippen LogP contribution in [-0.2, 0) is 4.79 Å². The Hall–Kier alpha value is -2.97. The second-order valence-corrected chi connectivity index (χ2v) is 5.47. The zero-order chi connectivity index (χ0) is 17.7. The van der Waals surface area contributed by atoms with Gasteiger partial charge in [0.15, 0.2) is 11.5 Å². The molecule has 0 aliphatic heterocycles. The van der Waals surface area contributed by atoms with Crippen LogP contribution in [0.5, 0.6) is 11.5 Å². The van der Waals surface area contributed by atoms with Gasteiger partial charge in [-0.2, -0.15) is 5.26 Å². The molecule has 6 heteroatoms. The van der Waals surface area contributed by atoms with Crippen molar-refractivity contribution in [3.8, 4) is 17.6 Å². The van der Waals surface area contributed by atoms with Crippen LogP contribution in [0.25, 0.3) is 6.08 Å². The van der Waals surface area contributed by atoms with Crippen molar-refractivity contribution in [3.63, 3.8) is 0 Å². The number of ether oxygens (including phenoxy) is 1. The second-order valence-electron chi connectivity index (χ2n) is 5.04. The van der Waals surface area contributed by atoms with Gasteiger partial charge in [-0.1, -0.05) is 29.3 Å². The van der Waals surface area contributed by atoms with Crippen LogP contribution in [0.1, 0.15) is 11.1 Å². The third kappa shape index (κ3) is 4.06. The Morgan fingerprint density at radius 2 is 2.00 bits per heavy atom. The van der Waals surface area contributed by atoms with Gasteiger partial charge in [-0.3, -0.25) is 4.79 Å². The first-order valence-corrected chi connectivity index (χ1v) is 7.38. The van der Waals surface area contributed by atoms with Gasteiger partial charge in [-0.15, -0.1) is 0 Å². The van der Waals surface area contributed by atoms with Gasteiger partial charge in [0.2, 0.25) is 0 Å². The standard InChI is InChI=1S/C18H15ClN2O3/c1-11-3-5-15(6-4-11)21-18(23)13(10-20)7-12-8-14(19)9-16(24-2)17(12)22/h3-9,22H,1-2H3,(H,21,23)/b13-7+. The molecule has 24 heavy (non-hydrogen) atoms. The minimum absolute atomic E-state index is 0.157. The number of methoxy groups -OCH3 is 1. The van der Waals surface area contributed by atoms with Crippen molar-refractivity contribution in [2.24, 2.45) is 0 Å². The fourth-order valence-electron chi connectivity index (χ4n) is 2.00. The molecule has 2 aromatic rings. The molecule has 5 nitrogen and oxygen atoms in total. The van der Waals surface area contributed by atoms with Crippen LogP contribution in [0.4, 0.5) is 5.69 Å². The summed E-state index contributed by atoms with van der Waals surface area (Å²) in [6, 6.07) is 11.9. The monoisotopic (exact) mass is 342 g/mol. The van der Waals surface area contributed by atoms with Crippen LogP contribution in [-0.4, -0.2) is 18.1 Å². The number of halogens is 1. The Morgan fingerprint density at radius 3 is 2.58 bits per heavy atom. The van der Waals surface area contributed by atoms with E-state index in [0.29, 0.717) is 10.7 Å². The van der Waals surface area contributed by atoms with Gasteiger partial charge in [0, 0.05) is 22.3 Å². The molecule has 0 aliphatic carbocycles. The van der Waals surface area contributed by atoms with Gasteiger partial charge < -0.3 is 15.2 Å². The number of hydrogen-bond donors (Lipinski definition) is 2. The number of amides is 1. The minimum atomic E-state index is -0.584. The van der Waals surface area contributed by atoms with E-state index < -0.39 is 5.91 Å². The largest absolute Gasteiger partial charge is 0.504 e. The minimum Gasteiger partial charge on any atom is -0.504 e. The number of anilines is 1. The van der Waals surface area contributed by atoms with Crippen molar-refractivity contribution in [2.45, 2.75) is 6.92 Å². The van der Waals surface area contributed by atoms with E-state index in [-0.39, 0.29) is 22.6 Å². The fourth-order valence-corrected chi connectivity index (χ4v) is 2.22. The molecule has 0 bridgehead atoms. The van der Waals surface area contributed by atoms with Crippen molar-refractivity contribution >= 4 is 29.3 Å². The van der Waals surface area contributed by atoms with Crippen molar-refractivity contribution in [1.29, 1.82) is 5.26 Å². The first kappa shape index (κ1) is 17.4. The third-order valence-electron chi connectivity index (χ3n) is 3.26. The van der Waals surface area contributed by atoms with Crippen LogP contribution in [0.3, 0.4) is 0 Å². The number of phenols is 1. The van der Waals surface area contributed by atoms with Crippen LogP contribution >= 0.6 is 11.6 Å². The highest BCUT2D eigenvalue weighted by atomic mass is 35.5. The quantitative estimate of drug-likeness (QED) is 0.652. The summed E-state index contributed by atoms with van der Waals surface area (Å²) in [5.74, 6) is -0.623. The maximum absolute atomic E-state index is 12.2. The summed E-state index contributed by atoms with van der Waals surface area (Å²) in [5.41, 5.74) is 1.67. The molecular formula is C18H15ClN2O3. The van der Waals surface area contributed by atoms with Gasteiger partial charge in [0.25, 0.3) is 5.91 Å². The topological polar surface area (TPSA) is 82.3 Å². The lowest BCUT2D eigenvalue weighted by Crippen LogP contribution is -2.13. The normalized spacial score (nSPS) is 10.8. The van der Waals surface area contributed by atoms with Gasteiger partial charge in [-0.05, 0) is 31.2 Å². The molecule has 0 heterocycles. The highest BCUT2D eigenvalue weighted by Gasteiger charge is 2.13. The molecule has 0 saturated carbocycles. The molecule has 1 amide bonds. The summed E-state index contributed by atoms with van der Waals surface area (Å²) in [7, 11) is 1.38. The van der Waals surface area contributed by atoms with Crippen LogP contribution in [0, 0.1) is 18.3 Å². The molecular weight excluding hydrogens is 328 g/mol. The molecule has 2 rings (SSSR count). The average molecular weight is 343 g/mol. The van der Waals surface area contributed by atoms with Crippen molar-refractivity contribution in [3.05, 3.63) is 58.1 Å². The van der Waals surface area contributed by atoms with E-state index in [4.69, 9.17) is 16.3 Å². The first-order chi connectivity index (χ1) is 11.4. The molecule has 0 unspecified atom stereocenters. The lowest BCUT2D eigenvalue weighted by Gasteiger charge is -2.08. The number of carbonyl (C=O) groups excluding carboxylic acids is 1. The van der Waals surface area contributed by atoms with E-state index in [9.17, 15) is 15.2 Å². The van der Waals surface area contributed by atoms with E-state index >= 15 is 0 Å². The van der Waals surface area contributed by atoms with Gasteiger partial charge in [0.05, 0.1) is 7.11 Å². The van der Waals surface area contributed by atoms with E-state index in [0.717, 1.165) is 5.56 Å². The molecule has 122 valence electrons. The zero-order valence-electron chi connectivity index (χ0n) is 13.1. The van der Waals surface area contributed by atoms with Gasteiger partial charge in [0.1, 0.15) is 11.6 Å². The smallest absolute Gasteiger partial charge is 0.266 e. The summed E-state index contributed by atoms with van der Waals surface area (Å²) in [4.78, 5) is 12.2. The highest BCUT2D eigenvalue weighted by molar-refractivity contribution is 6.31. The van der Waals surface area contributed by atoms with E-state index in [1.807, 2.05) is 25.1 Å². The van der Waals surface area contributed by atoms with E-state index in [2.05, 4.69) is 5.32 Å². The summed E-state index contributed by atoms with van der Waals surface area (Å²) in [5, 5.41) is 22.3. The number of hydrogen-bond acceptors (Lipinski definition) is 4. The van der Waals surface area contributed by atoms with Crippen LogP contribution < -0.4 is 10.1 Å². The van der Waals surface area contributed by atoms with E-state index in [1.165, 1.54) is 25.3 Å². The maximum Gasteiger partial charge on any atom is 0.266 e. The Kier molecular flexibility index (Phi) is 5.46. The Morgan fingerprint density at radius 1 is 1.33 bits per heavy atom. The van der Waals surface area contributed by atoms with Crippen LogP contribution in [0.15, 0.2) is 42.0 Å². The summed E-state index contributed by atoms with van der Waals surface area (Å²) in [6.07, 6.45) is 1.26. The lowest BCUT2D eigenvalue weighted by molar-refractivity contribution is -0.112. The van der Waals surface area contributed by atoms with Gasteiger partial charge >= 0.3 is 0 Å². The molecule has 2 aromatic carbocycles. The summed E-state index contributed by atoms with van der Waals surface area (Å²) in [6.45, 7) is 1.93. The van der Waals surface area contributed by atoms with E-state index in [1.54, 1.807) is 12.1 Å². The number of aromatic hydroxyl groups is 1. The molecule has 0 spiro atoms. The molecule has 0 atom stereocenters. The number of nitriles is 1. The number of nitrogens with zero attached hydrogens (tertiary/aromatic N) is 1. The predicted octanol–water partition coefficient (Wildman–Crippen LogP) is 3.91. The number of nitrogens with one attached hydrogen (secondary N) is 1. The summed E-state index contributed by atoms with van der Waals surface area (Å²) < 4.78 is 5.00. The average Bonchev–Trinajstić information content (AvgIpc) is 2.57. The van der Waals surface area contributed by atoms with Gasteiger partial charge in [-0.25, -0.2) is 0 Å². The predicted molar refractivity (Wildman–Crippen MR) is 93.1 cm³/mol. The summed E-state index contributed by atoms with van der Waals surface area (Å²) >= 11 is 5.95. The number of rotatable bonds is 4. The molecule has 0 saturated heterocycles. The molecule has 0 radical (unpaired) electrons. The third-order valence-corrected chi connectivity index (χ3v) is 3.48. The molecule has 0 fully saturated rings. The SMILES string of the molecule is COc1cc(Cl)cc(/C=C(\C#N)C(=O)Nc2ccc(C)cc2)c1O. The lowest BCUT2D eigenvalue weighted by atomic mass is 10.1. The number of carbonyl (C=O) groups is 1.